The highest BCUT2D eigenvalue weighted by molar-refractivity contribution is 5.85. The SMILES string of the molecule is O=C(O)c1nc(CN2CCOCC2)c2c(F)cccn12. The maximum absolute atomic E-state index is 14.0. The van der Waals surface area contributed by atoms with Crippen LogP contribution < -0.4 is 0 Å². The van der Waals surface area contributed by atoms with E-state index in [2.05, 4.69) is 9.88 Å². The number of pyridine rings is 1. The van der Waals surface area contributed by atoms with Gasteiger partial charge in [-0.3, -0.25) is 9.30 Å². The molecule has 0 amide bonds. The molecule has 0 unspecified atom stereocenters. The number of aromatic nitrogens is 2. The Morgan fingerprint density at radius 3 is 2.90 bits per heavy atom. The number of hydrogen-bond donors (Lipinski definition) is 1. The van der Waals surface area contributed by atoms with E-state index in [-0.39, 0.29) is 11.3 Å². The molecule has 0 aliphatic carbocycles. The molecule has 6 nitrogen and oxygen atoms in total. The number of carboxylic acid groups (broad SMARTS) is 1. The van der Waals surface area contributed by atoms with Gasteiger partial charge in [-0.1, -0.05) is 0 Å². The van der Waals surface area contributed by atoms with Crippen molar-refractivity contribution in [2.75, 3.05) is 26.3 Å². The summed E-state index contributed by atoms with van der Waals surface area (Å²) in [4.78, 5) is 17.4. The standard InChI is InChI=1S/C13H14FN3O3/c14-9-2-1-3-17-11(9)10(15-12(17)13(18)19)8-16-4-6-20-7-5-16/h1-3H,4-8H2,(H,18,19). The van der Waals surface area contributed by atoms with Crippen LogP contribution in [-0.2, 0) is 11.3 Å². The van der Waals surface area contributed by atoms with E-state index in [1.165, 1.54) is 22.7 Å². The van der Waals surface area contributed by atoms with Crippen molar-refractivity contribution in [3.05, 3.63) is 35.7 Å². The topological polar surface area (TPSA) is 67.1 Å². The summed E-state index contributed by atoms with van der Waals surface area (Å²) < 4.78 is 20.5. The second-order valence-corrected chi connectivity index (χ2v) is 4.65. The Hall–Kier alpha value is -1.99. The number of carbonyl (C=O) groups is 1. The summed E-state index contributed by atoms with van der Waals surface area (Å²) in [6, 6.07) is 2.78. The molecule has 0 atom stereocenters. The number of rotatable bonds is 3. The summed E-state index contributed by atoms with van der Waals surface area (Å²) in [5.41, 5.74) is 0.679. The van der Waals surface area contributed by atoms with Crippen molar-refractivity contribution >= 4 is 11.5 Å². The van der Waals surface area contributed by atoms with Gasteiger partial charge < -0.3 is 9.84 Å². The molecule has 1 aliphatic rings. The van der Waals surface area contributed by atoms with Gasteiger partial charge in [0.1, 0.15) is 11.3 Å². The van der Waals surface area contributed by atoms with Crippen molar-refractivity contribution < 1.29 is 19.0 Å². The highest BCUT2D eigenvalue weighted by Crippen LogP contribution is 2.19. The molecule has 3 heterocycles. The molecule has 1 N–H and O–H groups in total. The van der Waals surface area contributed by atoms with E-state index in [9.17, 15) is 9.18 Å². The molecule has 20 heavy (non-hydrogen) atoms. The number of fused-ring (bicyclic) bond motifs is 1. The third-order valence-corrected chi connectivity index (χ3v) is 3.36. The first-order chi connectivity index (χ1) is 9.66. The van der Waals surface area contributed by atoms with Gasteiger partial charge >= 0.3 is 5.97 Å². The van der Waals surface area contributed by atoms with Gasteiger partial charge in [-0.15, -0.1) is 0 Å². The fraction of sp³-hybridized carbons (Fsp3) is 0.385. The highest BCUT2D eigenvalue weighted by atomic mass is 19.1. The first-order valence-corrected chi connectivity index (χ1v) is 6.35. The van der Waals surface area contributed by atoms with Gasteiger partial charge in [-0.25, -0.2) is 14.2 Å². The fourth-order valence-electron chi connectivity index (χ4n) is 2.40. The smallest absolute Gasteiger partial charge is 0.372 e. The van der Waals surface area contributed by atoms with Crippen LogP contribution in [0.1, 0.15) is 16.3 Å². The molecule has 7 heteroatoms. The predicted octanol–water partition coefficient (Wildman–Crippen LogP) is 1.00. The van der Waals surface area contributed by atoms with E-state index in [1.807, 2.05) is 0 Å². The molecule has 106 valence electrons. The van der Waals surface area contributed by atoms with Gasteiger partial charge in [-0.05, 0) is 12.1 Å². The second kappa shape index (κ2) is 5.18. The Morgan fingerprint density at radius 1 is 1.45 bits per heavy atom. The lowest BCUT2D eigenvalue weighted by molar-refractivity contribution is 0.0338. The van der Waals surface area contributed by atoms with Crippen molar-refractivity contribution in [2.45, 2.75) is 6.54 Å². The van der Waals surface area contributed by atoms with Gasteiger partial charge in [0.05, 0.1) is 18.9 Å². The molecule has 2 aromatic heterocycles. The minimum absolute atomic E-state index is 0.164. The van der Waals surface area contributed by atoms with Crippen LogP contribution >= 0.6 is 0 Å². The van der Waals surface area contributed by atoms with Crippen LogP contribution in [0, 0.1) is 5.82 Å². The molecule has 2 aromatic rings. The Balaban J connectivity index is 2.03. The van der Waals surface area contributed by atoms with E-state index >= 15 is 0 Å². The highest BCUT2D eigenvalue weighted by Gasteiger charge is 2.21. The Kier molecular flexibility index (Phi) is 3.37. The van der Waals surface area contributed by atoms with Gasteiger partial charge in [-0.2, -0.15) is 0 Å². The summed E-state index contributed by atoms with van der Waals surface area (Å²) >= 11 is 0. The number of morpholine rings is 1. The Bertz CT molecular complexity index is 650. The van der Waals surface area contributed by atoms with E-state index in [1.54, 1.807) is 0 Å². The number of hydrogen-bond acceptors (Lipinski definition) is 4. The van der Waals surface area contributed by atoms with Crippen molar-refractivity contribution in [3.63, 3.8) is 0 Å². The van der Waals surface area contributed by atoms with Crippen molar-refractivity contribution in [1.29, 1.82) is 0 Å². The molecular formula is C13H14FN3O3. The van der Waals surface area contributed by atoms with Crippen molar-refractivity contribution in [1.82, 2.24) is 14.3 Å². The monoisotopic (exact) mass is 279 g/mol. The maximum atomic E-state index is 14.0. The average Bonchev–Trinajstić information content (AvgIpc) is 2.80. The molecule has 0 saturated carbocycles. The zero-order valence-corrected chi connectivity index (χ0v) is 10.8. The number of carboxylic acids is 1. The number of ether oxygens (including phenoxy) is 1. The predicted molar refractivity (Wildman–Crippen MR) is 68.2 cm³/mol. The molecule has 0 radical (unpaired) electrons. The number of aromatic carboxylic acids is 1. The molecule has 0 aromatic carbocycles. The average molecular weight is 279 g/mol. The van der Waals surface area contributed by atoms with Crippen LogP contribution in [0.5, 0.6) is 0 Å². The largest absolute Gasteiger partial charge is 0.475 e. The van der Waals surface area contributed by atoms with Crippen LogP contribution in [0.2, 0.25) is 0 Å². The van der Waals surface area contributed by atoms with Crippen LogP contribution in [0.3, 0.4) is 0 Å². The number of imidazole rings is 1. The first kappa shape index (κ1) is 13.0. The lowest BCUT2D eigenvalue weighted by Crippen LogP contribution is -2.35. The van der Waals surface area contributed by atoms with Crippen LogP contribution in [0.4, 0.5) is 4.39 Å². The van der Waals surface area contributed by atoms with Gasteiger partial charge in [0.15, 0.2) is 0 Å². The molecular weight excluding hydrogens is 265 g/mol. The van der Waals surface area contributed by atoms with Crippen LogP contribution in [0.25, 0.3) is 5.52 Å². The summed E-state index contributed by atoms with van der Waals surface area (Å²) in [7, 11) is 0. The molecule has 1 saturated heterocycles. The minimum atomic E-state index is -1.17. The van der Waals surface area contributed by atoms with Gasteiger partial charge in [0.25, 0.3) is 0 Å². The summed E-state index contributed by atoms with van der Waals surface area (Å²) in [5.74, 6) is -1.79. The van der Waals surface area contributed by atoms with Gasteiger partial charge in [0.2, 0.25) is 5.82 Å². The summed E-state index contributed by atoms with van der Waals surface area (Å²) in [6.07, 6.45) is 1.51. The zero-order chi connectivity index (χ0) is 14.1. The summed E-state index contributed by atoms with van der Waals surface area (Å²) in [6.45, 7) is 3.13. The van der Waals surface area contributed by atoms with Crippen LogP contribution in [-0.4, -0.2) is 51.7 Å². The number of nitrogens with zero attached hydrogens (tertiary/aromatic N) is 3. The molecule has 1 aliphatic heterocycles. The third kappa shape index (κ3) is 2.25. The Morgan fingerprint density at radius 2 is 2.20 bits per heavy atom. The fourth-order valence-corrected chi connectivity index (χ4v) is 2.40. The lowest BCUT2D eigenvalue weighted by Gasteiger charge is -2.25. The normalized spacial score (nSPS) is 16.6. The van der Waals surface area contributed by atoms with E-state index in [0.29, 0.717) is 25.5 Å². The molecule has 0 bridgehead atoms. The lowest BCUT2D eigenvalue weighted by atomic mass is 10.3. The second-order valence-electron chi connectivity index (χ2n) is 4.65. The third-order valence-electron chi connectivity index (χ3n) is 3.36. The van der Waals surface area contributed by atoms with Crippen molar-refractivity contribution in [3.8, 4) is 0 Å². The number of halogens is 1. The first-order valence-electron chi connectivity index (χ1n) is 6.35. The zero-order valence-electron chi connectivity index (χ0n) is 10.8. The Labute approximate surface area is 114 Å². The van der Waals surface area contributed by atoms with E-state index in [0.717, 1.165) is 13.1 Å². The van der Waals surface area contributed by atoms with E-state index in [4.69, 9.17) is 9.84 Å². The molecule has 1 fully saturated rings. The van der Waals surface area contributed by atoms with Crippen molar-refractivity contribution in [2.24, 2.45) is 0 Å². The minimum Gasteiger partial charge on any atom is -0.475 e. The van der Waals surface area contributed by atoms with E-state index < -0.39 is 11.8 Å². The maximum Gasteiger partial charge on any atom is 0.372 e. The van der Waals surface area contributed by atoms with Crippen LogP contribution in [0.15, 0.2) is 18.3 Å². The van der Waals surface area contributed by atoms with Gasteiger partial charge in [0, 0.05) is 25.8 Å². The molecule has 3 rings (SSSR count). The molecule has 0 spiro atoms. The quantitative estimate of drug-likeness (QED) is 0.908. The summed E-state index contributed by atoms with van der Waals surface area (Å²) in [5, 5.41) is 9.15.